The van der Waals surface area contributed by atoms with Crippen molar-refractivity contribution in [2.24, 2.45) is 5.92 Å². The predicted octanol–water partition coefficient (Wildman–Crippen LogP) is 2.67. The van der Waals surface area contributed by atoms with Crippen LogP contribution in [0.2, 0.25) is 0 Å². The summed E-state index contributed by atoms with van der Waals surface area (Å²) in [4.78, 5) is 4.34. The number of aliphatic hydroxyl groups excluding tert-OH is 1. The number of fused-ring (bicyclic) bond motifs is 1. The molecule has 1 aromatic carbocycles. The van der Waals surface area contributed by atoms with Gasteiger partial charge in [-0.15, -0.1) is 0 Å². The van der Waals surface area contributed by atoms with Crippen LogP contribution in [0.25, 0.3) is 10.8 Å². The number of anilines is 1. The fourth-order valence-corrected chi connectivity index (χ4v) is 1.93. The number of ether oxygens (including phenoxy) is 1. The molecule has 4 heteroatoms. The molecule has 1 aromatic heterocycles. The molecule has 1 unspecified atom stereocenters. The number of nitrogens with one attached hydrogen (secondary N) is 1. The summed E-state index contributed by atoms with van der Waals surface area (Å²) in [7, 11) is 1.66. The van der Waals surface area contributed by atoms with Crippen molar-refractivity contribution in [3.05, 3.63) is 30.5 Å². The summed E-state index contributed by atoms with van der Waals surface area (Å²) in [5.74, 6) is 1.82. The lowest BCUT2D eigenvalue weighted by Crippen LogP contribution is -2.25. The first-order valence-electron chi connectivity index (χ1n) is 6.47. The summed E-state index contributed by atoms with van der Waals surface area (Å²) in [6.45, 7) is 4.47. The highest BCUT2D eigenvalue weighted by Crippen LogP contribution is 2.28. The molecule has 4 nitrogen and oxygen atoms in total. The summed E-state index contributed by atoms with van der Waals surface area (Å²) in [5, 5.41) is 15.1. The molecule has 0 amide bonds. The normalized spacial score (nSPS) is 12.7. The number of pyridine rings is 1. The molecule has 2 aromatic rings. The number of aliphatic hydroxyl groups is 1. The summed E-state index contributed by atoms with van der Waals surface area (Å²) in [6, 6.07) is 7.79. The zero-order valence-corrected chi connectivity index (χ0v) is 11.6. The van der Waals surface area contributed by atoms with Gasteiger partial charge in [0.2, 0.25) is 0 Å². The molecule has 0 saturated heterocycles. The van der Waals surface area contributed by atoms with Crippen molar-refractivity contribution >= 4 is 16.6 Å². The Morgan fingerprint density at radius 3 is 2.74 bits per heavy atom. The summed E-state index contributed by atoms with van der Waals surface area (Å²) >= 11 is 0. The molecular formula is C15H20N2O2. The van der Waals surface area contributed by atoms with Crippen LogP contribution >= 0.6 is 0 Å². The van der Waals surface area contributed by atoms with Crippen molar-refractivity contribution in [3.8, 4) is 5.75 Å². The monoisotopic (exact) mass is 260 g/mol. The third kappa shape index (κ3) is 2.96. The van der Waals surface area contributed by atoms with Crippen molar-refractivity contribution in [1.29, 1.82) is 0 Å². The van der Waals surface area contributed by atoms with Gasteiger partial charge < -0.3 is 15.2 Å². The molecule has 0 radical (unpaired) electrons. The average molecular weight is 260 g/mol. The quantitative estimate of drug-likeness (QED) is 0.868. The van der Waals surface area contributed by atoms with Crippen molar-refractivity contribution in [1.82, 2.24) is 4.98 Å². The van der Waals surface area contributed by atoms with Crippen LogP contribution in [0.15, 0.2) is 30.5 Å². The highest BCUT2D eigenvalue weighted by atomic mass is 16.5. The number of benzene rings is 1. The van der Waals surface area contributed by atoms with Gasteiger partial charge >= 0.3 is 0 Å². The second-order valence-electron chi connectivity index (χ2n) is 4.91. The van der Waals surface area contributed by atoms with E-state index < -0.39 is 0 Å². The van der Waals surface area contributed by atoms with Crippen LogP contribution in [0, 0.1) is 5.92 Å². The molecule has 0 aliphatic carbocycles. The van der Waals surface area contributed by atoms with E-state index in [9.17, 15) is 5.11 Å². The maximum absolute atomic E-state index is 9.85. The minimum atomic E-state index is -0.386. The van der Waals surface area contributed by atoms with E-state index >= 15 is 0 Å². The van der Waals surface area contributed by atoms with E-state index in [0.717, 1.165) is 22.3 Å². The number of methoxy groups -OCH3 is 1. The maximum Gasteiger partial charge on any atom is 0.134 e. The first-order valence-corrected chi connectivity index (χ1v) is 6.47. The van der Waals surface area contributed by atoms with Gasteiger partial charge in [0, 0.05) is 23.5 Å². The number of hydrogen-bond donors (Lipinski definition) is 2. The lowest BCUT2D eigenvalue weighted by Gasteiger charge is -2.16. The Morgan fingerprint density at radius 2 is 2.05 bits per heavy atom. The molecule has 0 aliphatic heterocycles. The van der Waals surface area contributed by atoms with E-state index in [4.69, 9.17) is 4.74 Å². The molecule has 102 valence electrons. The first-order chi connectivity index (χ1) is 9.13. The molecule has 19 heavy (non-hydrogen) atoms. The van der Waals surface area contributed by atoms with Gasteiger partial charge in [-0.3, -0.25) is 0 Å². The Kier molecular flexibility index (Phi) is 4.22. The van der Waals surface area contributed by atoms with E-state index in [1.165, 1.54) is 0 Å². The van der Waals surface area contributed by atoms with Gasteiger partial charge in [0.05, 0.1) is 13.2 Å². The van der Waals surface area contributed by atoms with Crippen LogP contribution in [0.5, 0.6) is 5.75 Å². The van der Waals surface area contributed by atoms with Gasteiger partial charge in [-0.1, -0.05) is 26.0 Å². The second-order valence-corrected chi connectivity index (χ2v) is 4.91. The fraction of sp³-hybridized carbons (Fsp3) is 0.400. The van der Waals surface area contributed by atoms with E-state index in [-0.39, 0.29) is 12.0 Å². The van der Waals surface area contributed by atoms with Crippen LogP contribution in [0.1, 0.15) is 13.8 Å². The molecular weight excluding hydrogens is 240 g/mol. The Bertz CT molecular complexity index is 555. The van der Waals surface area contributed by atoms with Crippen molar-refractivity contribution in [2.45, 2.75) is 20.0 Å². The van der Waals surface area contributed by atoms with E-state index in [1.807, 2.05) is 38.1 Å². The summed E-state index contributed by atoms with van der Waals surface area (Å²) < 4.78 is 5.34. The van der Waals surface area contributed by atoms with Gasteiger partial charge in [0.1, 0.15) is 11.6 Å². The van der Waals surface area contributed by atoms with Gasteiger partial charge in [-0.05, 0) is 18.1 Å². The standard InChI is InChI=1S/C15H20N2O2/c1-10(2)13(18)9-17-15-12-5-4-6-14(19-3)11(12)7-8-16-15/h4-8,10,13,18H,9H2,1-3H3,(H,16,17). The minimum Gasteiger partial charge on any atom is -0.496 e. The molecule has 0 saturated carbocycles. The molecule has 1 atom stereocenters. The first kappa shape index (κ1) is 13.6. The van der Waals surface area contributed by atoms with Crippen molar-refractivity contribution in [3.63, 3.8) is 0 Å². The topological polar surface area (TPSA) is 54.4 Å². The Balaban J connectivity index is 2.29. The van der Waals surface area contributed by atoms with Crippen molar-refractivity contribution < 1.29 is 9.84 Å². The van der Waals surface area contributed by atoms with E-state index in [2.05, 4.69) is 10.3 Å². The van der Waals surface area contributed by atoms with E-state index in [1.54, 1.807) is 13.3 Å². The van der Waals surface area contributed by atoms with E-state index in [0.29, 0.717) is 6.54 Å². The Hall–Kier alpha value is -1.81. The predicted molar refractivity (Wildman–Crippen MR) is 77.6 cm³/mol. The molecule has 2 rings (SSSR count). The van der Waals surface area contributed by atoms with Gasteiger partial charge in [0.15, 0.2) is 0 Å². The largest absolute Gasteiger partial charge is 0.496 e. The van der Waals surface area contributed by atoms with Crippen LogP contribution < -0.4 is 10.1 Å². The third-order valence-electron chi connectivity index (χ3n) is 3.23. The van der Waals surface area contributed by atoms with Gasteiger partial charge in [-0.2, -0.15) is 0 Å². The SMILES string of the molecule is COc1cccc2c(NCC(O)C(C)C)nccc12. The fourth-order valence-electron chi connectivity index (χ4n) is 1.93. The molecule has 1 heterocycles. The molecule has 2 N–H and O–H groups in total. The number of rotatable bonds is 5. The summed E-state index contributed by atoms with van der Waals surface area (Å²) in [6.07, 6.45) is 1.36. The van der Waals surface area contributed by atoms with Crippen molar-refractivity contribution in [2.75, 3.05) is 19.0 Å². The number of aromatic nitrogens is 1. The van der Waals surface area contributed by atoms with Crippen LogP contribution in [-0.4, -0.2) is 29.8 Å². The lowest BCUT2D eigenvalue weighted by molar-refractivity contribution is 0.138. The molecule has 0 fully saturated rings. The zero-order chi connectivity index (χ0) is 13.8. The zero-order valence-electron chi connectivity index (χ0n) is 11.6. The molecule has 0 aliphatic rings. The highest BCUT2D eigenvalue weighted by Gasteiger charge is 2.11. The number of nitrogens with zero attached hydrogens (tertiary/aromatic N) is 1. The molecule has 0 spiro atoms. The third-order valence-corrected chi connectivity index (χ3v) is 3.23. The lowest BCUT2D eigenvalue weighted by atomic mass is 10.1. The highest BCUT2D eigenvalue weighted by molar-refractivity contribution is 5.95. The Morgan fingerprint density at radius 1 is 1.26 bits per heavy atom. The summed E-state index contributed by atoms with van der Waals surface area (Å²) in [5.41, 5.74) is 0. The van der Waals surface area contributed by atoms with Crippen LogP contribution in [0.4, 0.5) is 5.82 Å². The number of hydrogen-bond acceptors (Lipinski definition) is 4. The molecule has 0 bridgehead atoms. The minimum absolute atomic E-state index is 0.219. The van der Waals surface area contributed by atoms with Crippen LogP contribution in [0.3, 0.4) is 0 Å². The smallest absolute Gasteiger partial charge is 0.134 e. The van der Waals surface area contributed by atoms with Crippen LogP contribution in [-0.2, 0) is 0 Å². The van der Waals surface area contributed by atoms with Gasteiger partial charge in [0.25, 0.3) is 0 Å². The second kappa shape index (κ2) is 5.89. The average Bonchev–Trinajstić information content (AvgIpc) is 2.43. The van der Waals surface area contributed by atoms with Gasteiger partial charge in [-0.25, -0.2) is 4.98 Å². The maximum atomic E-state index is 9.85. The Labute approximate surface area is 113 Å².